The second-order valence-electron chi connectivity index (χ2n) is 5.34. The molecular formula is C13H20O3. The van der Waals surface area contributed by atoms with Gasteiger partial charge in [-0.25, -0.2) is 0 Å². The van der Waals surface area contributed by atoms with Crippen LogP contribution in [0, 0.1) is 17.3 Å². The molecule has 3 heteroatoms. The number of Topliss-reactive ketones (excluding diaryl/α,β-unsaturated/α-hetero) is 1. The van der Waals surface area contributed by atoms with Crippen LogP contribution >= 0.6 is 0 Å². The van der Waals surface area contributed by atoms with Gasteiger partial charge in [0.05, 0.1) is 13.0 Å². The van der Waals surface area contributed by atoms with Crippen LogP contribution in [0.3, 0.4) is 0 Å². The maximum absolute atomic E-state index is 11.8. The highest BCUT2D eigenvalue weighted by atomic mass is 16.5. The maximum atomic E-state index is 11.8. The minimum Gasteiger partial charge on any atom is -0.469 e. The van der Waals surface area contributed by atoms with Crippen LogP contribution in [0.1, 0.15) is 45.4 Å². The molecule has 0 spiro atoms. The van der Waals surface area contributed by atoms with Gasteiger partial charge in [-0.3, -0.25) is 9.59 Å². The van der Waals surface area contributed by atoms with Gasteiger partial charge >= 0.3 is 5.97 Å². The molecule has 3 nitrogen and oxygen atoms in total. The van der Waals surface area contributed by atoms with Crippen molar-refractivity contribution in [2.45, 2.75) is 45.4 Å². The van der Waals surface area contributed by atoms with E-state index >= 15 is 0 Å². The lowest BCUT2D eigenvalue weighted by Crippen LogP contribution is -2.32. The zero-order valence-corrected chi connectivity index (χ0v) is 10.1. The maximum Gasteiger partial charge on any atom is 0.308 e. The molecule has 0 radical (unpaired) electrons. The fraction of sp³-hybridized carbons (Fsp3) is 0.846. The van der Waals surface area contributed by atoms with E-state index in [9.17, 15) is 9.59 Å². The van der Waals surface area contributed by atoms with Gasteiger partial charge in [0.2, 0.25) is 0 Å². The number of rotatable bonds is 2. The first-order valence-electron chi connectivity index (χ1n) is 6.18. The summed E-state index contributed by atoms with van der Waals surface area (Å²) in [4.78, 5) is 23.4. The topological polar surface area (TPSA) is 43.4 Å². The molecule has 0 heterocycles. The van der Waals surface area contributed by atoms with Crippen molar-refractivity contribution in [1.82, 2.24) is 0 Å². The Kier molecular flexibility index (Phi) is 3.04. The van der Waals surface area contributed by atoms with E-state index in [4.69, 9.17) is 4.74 Å². The first-order chi connectivity index (χ1) is 7.59. The Balaban J connectivity index is 2.17. The molecule has 90 valence electrons. The highest BCUT2D eigenvalue weighted by Crippen LogP contribution is 2.50. The molecule has 1 atom stereocenters. The van der Waals surface area contributed by atoms with E-state index in [0.717, 1.165) is 38.5 Å². The van der Waals surface area contributed by atoms with Gasteiger partial charge in [0, 0.05) is 5.41 Å². The van der Waals surface area contributed by atoms with Gasteiger partial charge in [-0.2, -0.15) is 0 Å². The van der Waals surface area contributed by atoms with Crippen molar-refractivity contribution in [1.29, 1.82) is 0 Å². The minimum atomic E-state index is -0.112. The molecule has 3 rings (SSSR count). The van der Waals surface area contributed by atoms with Crippen LogP contribution in [0.15, 0.2) is 0 Å². The SMILES string of the molecule is COC(=O)C1CCC2(C(C)=O)CCC1CC2. The molecule has 0 N–H and O–H groups in total. The number of esters is 1. The highest BCUT2D eigenvalue weighted by Gasteiger charge is 2.46. The van der Waals surface area contributed by atoms with Crippen molar-refractivity contribution in [2.75, 3.05) is 7.11 Å². The molecule has 0 aromatic heterocycles. The van der Waals surface area contributed by atoms with E-state index in [-0.39, 0.29) is 17.3 Å². The van der Waals surface area contributed by atoms with Crippen LogP contribution < -0.4 is 0 Å². The second kappa shape index (κ2) is 4.19. The molecular weight excluding hydrogens is 204 g/mol. The number of hydrogen-bond donors (Lipinski definition) is 0. The van der Waals surface area contributed by atoms with E-state index in [1.165, 1.54) is 7.11 Å². The molecule has 0 amide bonds. The second-order valence-corrected chi connectivity index (χ2v) is 5.34. The van der Waals surface area contributed by atoms with Crippen LogP contribution in [-0.4, -0.2) is 18.9 Å². The van der Waals surface area contributed by atoms with Crippen molar-refractivity contribution in [3.63, 3.8) is 0 Å². The van der Waals surface area contributed by atoms with Crippen molar-refractivity contribution in [3.05, 3.63) is 0 Å². The summed E-state index contributed by atoms with van der Waals surface area (Å²) >= 11 is 0. The average molecular weight is 224 g/mol. The summed E-state index contributed by atoms with van der Waals surface area (Å²) < 4.78 is 4.87. The number of ether oxygens (including phenoxy) is 1. The molecule has 0 aromatic carbocycles. The fourth-order valence-corrected chi connectivity index (χ4v) is 3.50. The van der Waals surface area contributed by atoms with Crippen molar-refractivity contribution in [3.8, 4) is 0 Å². The van der Waals surface area contributed by atoms with E-state index in [1.807, 2.05) is 0 Å². The van der Waals surface area contributed by atoms with E-state index in [2.05, 4.69) is 0 Å². The van der Waals surface area contributed by atoms with E-state index in [1.54, 1.807) is 6.92 Å². The molecule has 0 saturated heterocycles. The van der Waals surface area contributed by atoms with Gasteiger partial charge < -0.3 is 4.74 Å². The summed E-state index contributed by atoms with van der Waals surface area (Å²) in [7, 11) is 1.46. The monoisotopic (exact) mass is 224 g/mol. The Morgan fingerprint density at radius 3 is 2.19 bits per heavy atom. The molecule has 16 heavy (non-hydrogen) atoms. The Labute approximate surface area is 96.5 Å². The van der Waals surface area contributed by atoms with Gasteiger partial charge in [-0.15, -0.1) is 0 Å². The standard InChI is InChI=1S/C13H20O3/c1-9(14)13-6-3-10(4-7-13)11(5-8-13)12(15)16-2/h10-11H,3-8H2,1-2H3. The number of carbonyl (C=O) groups is 2. The van der Waals surface area contributed by atoms with Gasteiger partial charge in [-0.05, 0) is 51.4 Å². The molecule has 1 unspecified atom stereocenters. The van der Waals surface area contributed by atoms with Gasteiger partial charge in [0.25, 0.3) is 0 Å². The lowest BCUT2D eigenvalue weighted by molar-refractivity contribution is -0.147. The van der Waals surface area contributed by atoms with E-state index < -0.39 is 0 Å². The third kappa shape index (κ3) is 1.76. The molecule has 3 saturated carbocycles. The number of carbonyl (C=O) groups excluding carboxylic acids is 2. The quantitative estimate of drug-likeness (QED) is 0.676. The Morgan fingerprint density at radius 2 is 1.69 bits per heavy atom. The Bertz CT molecular complexity index is 300. The predicted octanol–water partition coefficient (Wildman–Crippen LogP) is 2.33. The Morgan fingerprint density at radius 1 is 1.12 bits per heavy atom. The largest absolute Gasteiger partial charge is 0.469 e. The summed E-state index contributed by atoms with van der Waals surface area (Å²) in [5, 5.41) is 0. The molecule has 3 fully saturated rings. The molecule has 3 aliphatic carbocycles. The summed E-state index contributed by atoms with van der Waals surface area (Å²) in [5.41, 5.74) is -0.112. The highest BCUT2D eigenvalue weighted by molar-refractivity contribution is 5.83. The third-order valence-corrected chi connectivity index (χ3v) is 4.74. The van der Waals surface area contributed by atoms with Crippen LogP contribution in [0.25, 0.3) is 0 Å². The van der Waals surface area contributed by atoms with Gasteiger partial charge in [0.1, 0.15) is 5.78 Å². The van der Waals surface area contributed by atoms with Crippen LogP contribution in [0.2, 0.25) is 0 Å². The van der Waals surface area contributed by atoms with Crippen LogP contribution in [-0.2, 0) is 14.3 Å². The first-order valence-corrected chi connectivity index (χ1v) is 6.18. The molecule has 0 aliphatic heterocycles. The summed E-state index contributed by atoms with van der Waals surface area (Å²) in [6.07, 6.45) is 5.68. The first kappa shape index (κ1) is 11.6. The van der Waals surface area contributed by atoms with Crippen molar-refractivity contribution in [2.24, 2.45) is 17.3 Å². The average Bonchev–Trinajstić information content (AvgIpc) is 2.59. The molecule has 0 aromatic rings. The number of methoxy groups -OCH3 is 1. The van der Waals surface area contributed by atoms with E-state index in [0.29, 0.717) is 11.7 Å². The van der Waals surface area contributed by atoms with Crippen LogP contribution in [0.4, 0.5) is 0 Å². The number of fused-ring (bicyclic) bond motifs is 4. The van der Waals surface area contributed by atoms with Crippen molar-refractivity contribution >= 4 is 11.8 Å². The molecule has 2 bridgehead atoms. The zero-order chi connectivity index (χ0) is 11.8. The lowest BCUT2D eigenvalue weighted by atomic mass is 9.69. The fourth-order valence-electron chi connectivity index (χ4n) is 3.50. The van der Waals surface area contributed by atoms with Gasteiger partial charge in [0.15, 0.2) is 0 Å². The summed E-state index contributed by atoms with van der Waals surface area (Å²) in [6, 6.07) is 0. The number of ketones is 1. The molecule has 3 aliphatic rings. The third-order valence-electron chi connectivity index (χ3n) is 4.74. The minimum absolute atomic E-state index is 0.0359. The predicted molar refractivity (Wildman–Crippen MR) is 59.8 cm³/mol. The zero-order valence-electron chi connectivity index (χ0n) is 10.1. The summed E-state index contributed by atoms with van der Waals surface area (Å²) in [5.74, 6) is 0.721. The summed E-state index contributed by atoms with van der Waals surface area (Å²) in [6.45, 7) is 1.71. The number of hydrogen-bond acceptors (Lipinski definition) is 3. The van der Waals surface area contributed by atoms with Crippen molar-refractivity contribution < 1.29 is 14.3 Å². The smallest absolute Gasteiger partial charge is 0.308 e. The van der Waals surface area contributed by atoms with Crippen LogP contribution in [0.5, 0.6) is 0 Å². The normalized spacial score (nSPS) is 37.9. The Hall–Kier alpha value is -0.860. The van der Waals surface area contributed by atoms with Gasteiger partial charge in [-0.1, -0.05) is 0 Å². The lowest BCUT2D eigenvalue weighted by Gasteiger charge is -2.34.